The van der Waals surface area contributed by atoms with Gasteiger partial charge in [-0.3, -0.25) is 4.79 Å². The van der Waals surface area contributed by atoms with E-state index in [9.17, 15) is 13.2 Å². The van der Waals surface area contributed by atoms with Gasteiger partial charge in [-0.15, -0.1) is 17.9 Å². The zero-order chi connectivity index (χ0) is 15.8. The average Bonchev–Trinajstić information content (AvgIpc) is 3.14. The molecule has 0 unspecified atom stereocenters. The van der Waals surface area contributed by atoms with Crippen LogP contribution in [0.1, 0.15) is 19.3 Å². The second-order valence-corrected chi connectivity index (χ2v) is 9.06. The summed E-state index contributed by atoms with van der Waals surface area (Å²) >= 11 is 1.23. The fourth-order valence-electron chi connectivity index (χ4n) is 3.43. The van der Waals surface area contributed by atoms with Crippen molar-refractivity contribution in [3.8, 4) is 0 Å². The molecule has 1 spiro atoms. The number of likely N-dealkylation sites (tertiary alicyclic amines) is 1. The van der Waals surface area contributed by atoms with Gasteiger partial charge in [-0.05, 0) is 30.7 Å². The van der Waals surface area contributed by atoms with E-state index in [4.69, 9.17) is 0 Å². The SMILES string of the molecule is C=CCN1CC[C@]2(CCCN(S(=O)(=O)c3cccs3)C2)C1=O. The second kappa shape index (κ2) is 5.79. The fourth-order valence-corrected chi connectivity index (χ4v) is 6.14. The van der Waals surface area contributed by atoms with Gasteiger partial charge in [0.25, 0.3) is 10.0 Å². The summed E-state index contributed by atoms with van der Waals surface area (Å²) in [5, 5.41) is 1.76. The first-order valence-electron chi connectivity index (χ1n) is 7.43. The molecule has 2 saturated heterocycles. The number of rotatable bonds is 4. The Morgan fingerprint density at radius 1 is 1.36 bits per heavy atom. The van der Waals surface area contributed by atoms with Crippen LogP contribution in [0.3, 0.4) is 0 Å². The molecule has 1 atom stereocenters. The summed E-state index contributed by atoms with van der Waals surface area (Å²) in [6.07, 6.45) is 3.96. The highest BCUT2D eigenvalue weighted by Crippen LogP contribution is 2.41. The minimum Gasteiger partial charge on any atom is -0.338 e. The number of hydrogen-bond donors (Lipinski definition) is 0. The molecule has 0 N–H and O–H groups in total. The van der Waals surface area contributed by atoms with Crippen LogP contribution in [0.2, 0.25) is 0 Å². The van der Waals surface area contributed by atoms with Gasteiger partial charge in [-0.1, -0.05) is 12.1 Å². The third-order valence-electron chi connectivity index (χ3n) is 4.58. The first-order chi connectivity index (χ1) is 10.5. The van der Waals surface area contributed by atoms with Crippen LogP contribution >= 0.6 is 11.3 Å². The molecule has 1 amide bonds. The van der Waals surface area contributed by atoms with Crippen molar-refractivity contribution < 1.29 is 13.2 Å². The third-order valence-corrected chi connectivity index (χ3v) is 7.80. The molecule has 2 fully saturated rings. The molecule has 0 radical (unpaired) electrons. The van der Waals surface area contributed by atoms with Crippen LogP contribution in [-0.2, 0) is 14.8 Å². The number of thiophene rings is 1. The summed E-state index contributed by atoms with van der Waals surface area (Å²) in [6, 6.07) is 3.37. The number of carbonyl (C=O) groups is 1. The van der Waals surface area contributed by atoms with Gasteiger partial charge in [0.2, 0.25) is 5.91 Å². The maximum Gasteiger partial charge on any atom is 0.252 e. The van der Waals surface area contributed by atoms with Gasteiger partial charge in [0, 0.05) is 26.2 Å². The Kier molecular flexibility index (Phi) is 4.13. The molecule has 0 aliphatic carbocycles. The lowest BCUT2D eigenvalue weighted by Crippen LogP contribution is -2.49. The van der Waals surface area contributed by atoms with Crippen molar-refractivity contribution in [2.75, 3.05) is 26.2 Å². The van der Waals surface area contributed by atoms with Gasteiger partial charge in [0.1, 0.15) is 4.21 Å². The molecule has 0 aromatic carbocycles. The number of amides is 1. The second-order valence-electron chi connectivity index (χ2n) is 5.94. The van der Waals surface area contributed by atoms with Crippen LogP contribution in [-0.4, -0.2) is 49.7 Å². The molecule has 120 valence electrons. The summed E-state index contributed by atoms with van der Waals surface area (Å²) in [5.41, 5.74) is -0.536. The number of piperidine rings is 1. The summed E-state index contributed by atoms with van der Waals surface area (Å²) in [5.74, 6) is 0.0819. The average molecular weight is 340 g/mol. The van der Waals surface area contributed by atoms with Gasteiger partial charge < -0.3 is 4.90 Å². The summed E-state index contributed by atoms with van der Waals surface area (Å²) in [7, 11) is -3.47. The molecule has 5 nitrogen and oxygen atoms in total. The molecule has 3 heterocycles. The molecular formula is C15H20N2O3S2. The molecule has 1 aromatic rings. The number of nitrogens with zero attached hydrogens (tertiary/aromatic N) is 2. The summed E-state index contributed by atoms with van der Waals surface area (Å²) in [4.78, 5) is 14.5. The maximum atomic E-state index is 12.7. The van der Waals surface area contributed by atoms with E-state index in [-0.39, 0.29) is 5.91 Å². The zero-order valence-electron chi connectivity index (χ0n) is 12.4. The summed E-state index contributed by atoms with van der Waals surface area (Å²) < 4.78 is 27.3. The molecule has 22 heavy (non-hydrogen) atoms. The molecule has 3 rings (SSSR count). The minimum atomic E-state index is -3.47. The van der Waals surface area contributed by atoms with E-state index >= 15 is 0 Å². The van der Waals surface area contributed by atoms with E-state index in [1.165, 1.54) is 15.6 Å². The minimum absolute atomic E-state index is 0.0819. The molecule has 2 aliphatic rings. The van der Waals surface area contributed by atoms with Crippen molar-refractivity contribution in [3.05, 3.63) is 30.2 Å². The van der Waals surface area contributed by atoms with Crippen molar-refractivity contribution in [3.63, 3.8) is 0 Å². The number of sulfonamides is 1. The van der Waals surface area contributed by atoms with Gasteiger partial charge in [0.15, 0.2) is 0 Å². The maximum absolute atomic E-state index is 12.7. The lowest BCUT2D eigenvalue weighted by Gasteiger charge is -2.37. The Morgan fingerprint density at radius 2 is 2.18 bits per heavy atom. The number of carbonyl (C=O) groups excluding carboxylic acids is 1. The van der Waals surface area contributed by atoms with Gasteiger partial charge in [-0.25, -0.2) is 8.42 Å². The normalized spacial score (nSPS) is 26.7. The topological polar surface area (TPSA) is 57.7 Å². The summed E-state index contributed by atoms with van der Waals surface area (Å²) in [6.45, 7) is 5.72. The van der Waals surface area contributed by atoms with Gasteiger partial charge in [-0.2, -0.15) is 4.31 Å². The van der Waals surface area contributed by atoms with Crippen LogP contribution in [0.15, 0.2) is 34.4 Å². The number of hydrogen-bond acceptors (Lipinski definition) is 4. The monoisotopic (exact) mass is 340 g/mol. The quantitative estimate of drug-likeness (QED) is 0.787. The lowest BCUT2D eigenvalue weighted by molar-refractivity contribution is -0.137. The predicted molar refractivity (Wildman–Crippen MR) is 86.1 cm³/mol. The molecule has 0 bridgehead atoms. The van der Waals surface area contributed by atoms with E-state index in [1.54, 1.807) is 28.5 Å². The molecule has 0 saturated carbocycles. The van der Waals surface area contributed by atoms with E-state index in [0.717, 1.165) is 19.3 Å². The van der Waals surface area contributed by atoms with Crippen molar-refractivity contribution >= 4 is 27.3 Å². The molecule has 1 aromatic heterocycles. The smallest absolute Gasteiger partial charge is 0.252 e. The van der Waals surface area contributed by atoms with E-state index in [0.29, 0.717) is 30.4 Å². The van der Waals surface area contributed by atoms with E-state index in [2.05, 4.69) is 6.58 Å². The Labute approximate surface area is 135 Å². The highest BCUT2D eigenvalue weighted by atomic mass is 32.2. The highest BCUT2D eigenvalue weighted by Gasteiger charge is 2.50. The molecule has 7 heteroatoms. The first kappa shape index (κ1) is 15.7. The Balaban J connectivity index is 1.84. The van der Waals surface area contributed by atoms with E-state index in [1.807, 2.05) is 0 Å². The third kappa shape index (κ3) is 2.51. The molecular weight excluding hydrogens is 320 g/mol. The van der Waals surface area contributed by atoms with Crippen LogP contribution in [0, 0.1) is 5.41 Å². The van der Waals surface area contributed by atoms with Crippen molar-refractivity contribution in [2.45, 2.75) is 23.5 Å². The predicted octanol–water partition coefficient (Wildman–Crippen LogP) is 1.94. The van der Waals surface area contributed by atoms with Crippen LogP contribution in [0.5, 0.6) is 0 Å². The molecule has 2 aliphatic heterocycles. The highest BCUT2D eigenvalue weighted by molar-refractivity contribution is 7.91. The van der Waals surface area contributed by atoms with Crippen molar-refractivity contribution in [2.24, 2.45) is 5.41 Å². The zero-order valence-corrected chi connectivity index (χ0v) is 14.0. The van der Waals surface area contributed by atoms with Crippen LogP contribution in [0.4, 0.5) is 0 Å². The Hall–Kier alpha value is -1.18. The lowest BCUT2D eigenvalue weighted by atomic mass is 9.79. The Bertz CT molecular complexity index is 669. The van der Waals surface area contributed by atoms with Crippen molar-refractivity contribution in [1.29, 1.82) is 0 Å². The standard InChI is InChI=1S/C15H20N2O3S2/c1-2-8-16-10-7-15(14(16)18)6-4-9-17(12-15)22(19,20)13-5-3-11-21-13/h2-3,5,11H,1,4,6-10,12H2/t15-/m0/s1. The van der Waals surface area contributed by atoms with Gasteiger partial charge in [0.05, 0.1) is 5.41 Å². The first-order valence-corrected chi connectivity index (χ1v) is 9.75. The van der Waals surface area contributed by atoms with Gasteiger partial charge >= 0.3 is 0 Å². The van der Waals surface area contributed by atoms with Crippen LogP contribution < -0.4 is 0 Å². The van der Waals surface area contributed by atoms with Crippen molar-refractivity contribution in [1.82, 2.24) is 9.21 Å². The Morgan fingerprint density at radius 3 is 2.86 bits per heavy atom. The largest absolute Gasteiger partial charge is 0.338 e. The van der Waals surface area contributed by atoms with Crippen LogP contribution in [0.25, 0.3) is 0 Å². The van der Waals surface area contributed by atoms with E-state index < -0.39 is 15.4 Å². The fraction of sp³-hybridized carbons (Fsp3) is 0.533.